The van der Waals surface area contributed by atoms with Gasteiger partial charge in [0, 0.05) is 13.7 Å². The summed E-state index contributed by atoms with van der Waals surface area (Å²) in [6.07, 6.45) is 1.97. The molecule has 0 radical (unpaired) electrons. The van der Waals surface area contributed by atoms with Crippen molar-refractivity contribution < 1.29 is 9.53 Å². The molecule has 0 N–H and O–H groups in total. The van der Waals surface area contributed by atoms with Crippen LogP contribution in [0.1, 0.15) is 6.42 Å². The molecule has 0 bridgehead atoms. The number of methoxy groups -OCH3 is 1. The highest BCUT2D eigenvalue weighted by atomic mass is 16.5. The summed E-state index contributed by atoms with van der Waals surface area (Å²) in [5, 5.41) is 0. The Hall–Kier alpha value is -0.570. The average Bonchev–Trinajstić information content (AvgIpc) is 1.82. The van der Waals surface area contributed by atoms with Crippen LogP contribution in [-0.2, 0) is 9.53 Å². The van der Waals surface area contributed by atoms with Crippen molar-refractivity contribution in [2.45, 2.75) is 12.5 Å². The van der Waals surface area contributed by atoms with Crippen molar-refractivity contribution in [2.75, 3.05) is 20.3 Å². The second-order valence-corrected chi connectivity index (χ2v) is 2.24. The Balaban J connectivity index is 2.18. The zero-order valence-electron chi connectivity index (χ0n) is 5.54. The predicted octanol–water partition coefficient (Wildman–Crippen LogP) is -0.136. The van der Waals surface area contributed by atoms with Crippen LogP contribution in [0.3, 0.4) is 0 Å². The van der Waals surface area contributed by atoms with Gasteiger partial charge < -0.3 is 9.64 Å². The lowest BCUT2D eigenvalue weighted by Gasteiger charge is -2.37. The minimum atomic E-state index is 0.354. The topological polar surface area (TPSA) is 29.5 Å². The van der Waals surface area contributed by atoms with Gasteiger partial charge in [-0.1, -0.05) is 0 Å². The van der Waals surface area contributed by atoms with Crippen molar-refractivity contribution >= 4 is 6.41 Å². The molecule has 0 aromatic rings. The standard InChI is InChI=1S/C6H11NO2/c1-9-4-6-2-3-7(6)5-8/h5-6H,2-4H2,1H3. The third-order valence-electron chi connectivity index (χ3n) is 1.68. The van der Waals surface area contributed by atoms with Crippen LogP contribution in [-0.4, -0.2) is 37.6 Å². The van der Waals surface area contributed by atoms with Crippen molar-refractivity contribution in [1.82, 2.24) is 4.90 Å². The zero-order chi connectivity index (χ0) is 6.69. The smallest absolute Gasteiger partial charge is 0.210 e. The molecular weight excluding hydrogens is 118 g/mol. The monoisotopic (exact) mass is 129 g/mol. The van der Waals surface area contributed by atoms with Crippen molar-refractivity contribution in [3.8, 4) is 0 Å². The van der Waals surface area contributed by atoms with E-state index in [0.29, 0.717) is 12.6 Å². The minimum Gasteiger partial charge on any atom is -0.383 e. The molecule has 0 aromatic heterocycles. The van der Waals surface area contributed by atoms with Gasteiger partial charge in [0.15, 0.2) is 0 Å². The Kier molecular flexibility index (Phi) is 2.05. The second kappa shape index (κ2) is 2.82. The number of carbonyl (C=O) groups excluding carboxylic acids is 1. The lowest BCUT2D eigenvalue weighted by Crippen LogP contribution is -2.48. The molecule has 3 heteroatoms. The molecule has 0 saturated carbocycles. The van der Waals surface area contributed by atoms with Gasteiger partial charge in [0.2, 0.25) is 6.41 Å². The van der Waals surface area contributed by atoms with Crippen LogP contribution in [0.25, 0.3) is 0 Å². The van der Waals surface area contributed by atoms with E-state index in [0.717, 1.165) is 19.4 Å². The SMILES string of the molecule is COCC1CCN1C=O. The van der Waals surface area contributed by atoms with Crippen molar-refractivity contribution in [3.05, 3.63) is 0 Å². The highest BCUT2D eigenvalue weighted by Gasteiger charge is 2.25. The fraction of sp³-hybridized carbons (Fsp3) is 0.833. The number of hydrogen-bond donors (Lipinski definition) is 0. The van der Waals surface area contributed by atoms with Gasteiger partial charge in [0.1, 0.15) is 0 Å². The van der Waals surface area contributed by atoms with E-state index in [1.807, 2.05) is 0 Å². The quantitative estimate of drug-likeness (QED) is 0.496. The van der Waals surface area contributed by atoms with Crippen LogP contribution < -0.4 is 0 Å². The van der Waals surface area contributed by atoms with Gasteiger partial charge in [0.25, 0.3) is 0 Å². The van der Waals surface area contributed by atoms with E-state index in [1.165, 1.54) is 0 Å². The maximum Gasteiger partial charge on any atom is 0.210 e. The maximum absolute atomic E-state index is 10.1. The molecule has 0 aliphatic carbocycles. The Morgan fingerprint density at radius 2 is 2.67 bits per heavy atom. The average molecular weight is 129 g/mol. The first-order valence-electron chi connectivity index (χ1n) is 3.08. The van der Waals surface area contributed by atoms with E-state index in [4.69, 9.17) is 4.74 Å². The van der Waals surface area contributed by atoms with Gasteiger partial charge in [-0.3, -0.25) is 4.79 Å². The molecule has 9 heavy (non-hydrogen) atoms. The Morgan fingerprint density at radius 1 is 1.89 bits per heavy atom. The van der Waals surface area contributed by atoms with Gasteiger partial charge in [-0.25, -0.2) is 0 Å². The number of hydrogen-bond acceptors (Lipinski definition) is 2. The van der Waals surface area contributed by atoms with Crippen molar-refractivity contribution in [3.63, 3.8) is 0 Å². The summed E-state index contributed by atoms with van der Waals surface area (Å²) in [6, 6.07) is 0.354. The molecular formula is C6H11NO2. The highest BCUT2D eigenvalue weighted by molar-refractivity contribution is 5.49. The molecule has 3 nitrogen and oxygen atoms in total. The summed E-state index contributed by atoms with van der Waals surface area (Å²) in [4.78, 5) is 11.9. The van der Waals surface area contributed by atoms with Crippen LogP contribution in [0.4, 0.5) is 0 Å². The fourth-order valence-electron chi connectivity index (χ4n) is 0.971. The summed E-state index contributed by atoms with van der Waals surface area (Å²) in [7, 11) is 1.65. The number of likely N-dealkylation sites (tertiary alicyclic amines) is 1. The summed E-state index contributed by atoms with van der Waals surface area (Å²) >= 11 is 0. The van der Waals surface area contributed by atoms with Crippen LogP contribution >= 0.6 is 0 Å². The van der Waals surface area contributed by atoms with E-state index < -0.39 is 0 Å². The van der Waals surface area contributed by atoms with E-state index in [9.17, 15) is 4.79 Å². The van der Waals surface area contributed by atoms with E-state index in [-0.39, 0.29) is 0 Å². The van der Waals surface area contributed by atoms with Gasteiger partial charge in [0.05, 0.1) is 12.6 Å². The minimum absolute atomic E-state index is 0.354. The number of amides is 1. The summed E-state index contributed by atoms with van der Waals surface area (Å²) < 4.78 is 4.88. The molecule has 1 fully saturated rings. The maximum atomic E-state index is 10.1. The fourth-order valence-corrected chi connectivity index (χ4v) is 0.971. The third-order valence-corrected chi connectivity index (χ3v) is 1.68. The Labute approximate surface area is 54.6 Å². The number of carbonyl (C=O) groups is 1. The first-order chi connectivity index (χ1) is 4.38. The first kappa shape index (κ1) is 6.55. The molecule has 0 spiro atoms. The molecule has 1 heterocycles. The predicted molar refractivity (Wildman–Crippen MR) is 33.1 cm³/mol. The van der Waals surface area contributed by atoms with E-state index >= 15 is 0 Å². The van der Waals surface area contributed by atoms with Gasteiger partial charge >= 0.3 is 0 Å². The summed E-state index contributed by atoms with van der Waals surface area (Å²) in [5.74, 6) is 0. The molecule has 1 atom stereocenters. The van der Waals surface area contributed by atoms with Gasteiger partial charge in [-0.2, -0.15) is 0 Å². The normalized spacial score (nSPS) is 25.4. The largest absolute Gasteiger partial charge is 0.383 e. The third kappa shape index (κ3) is 1.21. The number of ether oxygens (including phenoxy) is 1. The van der Waals surface area contributed by atoms with Crippen LogP contribution in [0.5, 0.6) is 0 Å². The van der Waals surface area contributed by atoms with Gasteiger partial charge in [-0.05, 0) is 6.42 Å². The van der Waals surface area contributed by atoms with Crippen LogP contribution in [0, 0.1) is 0 Å². The Bertz CT molecular complexity index is 105. The molecule has 0 aromatic carbocycles. The first-order valence-corrected chi connectivity index (χ1v) is 3.08. The van der Waals surface area contributed by atoms with E-state index in [2.05, 4.69) is 0 Å². The number of rotatable bonds is 3. The van der Waals surface area contributed by atoms with Gasteiger partial charge in [-0.15, -0.1) is 0 Å². The van der Waals surface area contributed by atoms with Crippen molar-refractivity contribution in [2.24, 2.45) is 0 Å². The summed E-state index contributed by atoms with van der Waals surface area (Å²) in [6.45, 7) is 1.58. The molecule has 1 unspecified atom stereocenters. The molecule has 1 aliphatic rings. The molecule has 1 rings (SSSR count). The molecule has 1 saturated heterocycles. The van der Waals surface area contributed by atoms with Crippen LogP contribution in [0.15, 0.2) is 0 Å². The van der Waals surface area contributed by atoms with Crippen LogP contribution in [0.2, 0.25) is 0 Å². The number of nitrogens with zero attached hydrogens (tertiary/aromatic N) is 1. The lowest BCUT2D eigenvalue weighted by molar-refractivity contribution is -0.126. The molecule has 52 valence electrons. The zero-order valence-corrected chi connectivity index (χ0v) is 5.54. The summed E-state index contributed by atoms with van der Waals surface area (Å²) in [5.41, 5.74) is 0. The highest BCUT2D eigenvalue weighted by Crippen LogP contribution is 2.13. The second-order valence-electron chi connectivity index (χ2n) is 2.24. The molecule has 1 aliphatic heterocycles. The van der Waals surface area contributed by atoms with Crippen molar-refractivity contribution in [1.29, 1.82) is 0 Å². The lowest BCUT2D eigenvalue weighted by atomic mass is 10.1. The van der Waals surface area contributed by atoms with E-state index in [1.54, 1.807) is 12.0 Å². The Morgan fingerprint density at radius 3 is 3.00 bits per heavy atom. The molecule has 1 amide bonds.